The van der Waals surface area contributed by atoms with Gasteiger partial charge in [-0.3, -0.25) is 9.59 Å². The number of likely N-dealkylation sites (N-methyl/N-ethyl adjacent to an activating group) is 1. The number of nitrogens with two attached hydrogens (primary N) is 1. The third kappa shape index (κ3) is 4.60. The van der Waals surface area contributed by atoms with Crippen molar-refractivity contribution in [2.45, 2.75) is 19.7 Å². The van der Waals surface area contributed by atoms with Crippen LogP contribution in [0.15, 0.2) is 60.7 Å². The van der Waals surface area contributed by atoms with Crippen LogP contribution in [0.5, 0.6) is 0 Å². The van der Waals surface area contributed by atoms with Crippen LogP contribution in [0.2, 0.25) is 0 Å². The molecule has 0 radical (unpaired) electrons. The maximum absolute atomic E-state index is 14.2. The maximum Gasteiger partial charge on any atom is 0.320 e. The van der Waals surface area contributed by atoms with Crippen molar-refractivity contribution in [1.82, 2.24) is 20.2 Å². The van der Waals surface area contributed by atoms with Gasteiger partial charge in [-0.25, -0.2) is 14.4 Å². The molecule has 9 heteroatoms. The minimum Gasteiger partial charge on any atom is -0.460 e. The molecule has 3 N–H and O–H groups in total. The van der Waals surface area contributed by atoms with Crippen LogP contribution in [0, 0.1) is 5.82 Å². The number of anilines is 1. The van der Waals surface area contributed by atoms with E-state index >= 15 is 0 Å². The van der Waals surface area contributed by atoms with Gasteiger partial charge in [0.05, 0.1) is 12.1 Å². The molecular weight excluding hydrogens is 461 g/mol. The Labute approximate surface area is 206 Å². The lowest BCUT2D eigenvalue weighted by Gasteiger charge is -2.17. The number of nitrogen functional groups attached to an aromatic ring is 1. The second kappa shape index (κ2) is 9.71. The molecule has 0 atom stereocenters. The summed E-state index contributed by atoms with van der Waals surface area (Å²) in [6, 6.07) is 17.4. The number of hydrogen-bond acceptors (Lipinski definition) is 7. The highest BCUT2D eigenvalue weighted by atomic mass is 19.1. The second-order valence-corrected chi connectivity index (χ2v) is 8.58. The van der Waals surface area contributed by atoms with E-state index < -0.39 is 11.8 Å². The van der Waals surface area contributed by atoms with E-state index in [9.17, 15) is 14.0 Å². The van der Waals surface area contributed by atoms with Crippen molar-refractivity contribution in [3.63, 3.8) is 0 Å². The maximum atomic E-state index is 14.2. The highest BCUT2D eigenvalue weighted by molar-refractivity contribution is 6.06. The van der Waals surface area contributed by atoms with Gasteiger partial charge in [-0.1, -0.05) is 36.4 Å². The number of nitrogens with one attached hydrogen (secondary N) is 1. The summed E-state index contributed by atoms with van der Waals surface area (Å²) < 4.78 is 19.5. The minimum absolute atomic E-state index is 0.00167. The molecule has 3 aromatic carbocycles. The van der Waals surface area contributed by atoms with Crippen LogP contribution in [0.4, 0.5) is 10.3 Å². The van der Waals surface area contributed by atoms with Gasteiger partial charge in [-0.05, 0) is 59.1 Å². The van der Waals surface area contributed by atoms with E-state index in [1.807, 2.05) is 24.3 Å². The summed E-state index contributed by atoms with van der Waals surface area (Å²) >= 11 is 0. The van der Waals surface area contributed by atoms with E-state index in [1.165, 1.54) is 12.1 Å². The first-order valence-corrected chi connectivity index (χ1v) is 11.5. The zero-order valence-electron chi connectivity index (χ0n) is 19.6. The molecule has 8 nitrogen and oxygen atoms in total. The van der Waals surface area contributed by atoms with Crippen LogP contribution in [-0.2, 0) is 29.2 Å². The van der Waals surface area contributed by atoms with E-state index in [4.69, 9.17) is 10.5 Å². The van der Waals surface area contributed by atoms with Gasteiger partial charge in [0.25, 0.3) is 5.91 Å². The molecule has 0 spiro atoms. The first kappa shape index (κ1) is 23.4. The number of benzene rings is 3. The Balaban J connectivity index is 1.53. The van der Waals surface area contributed by atoms with Gasteiger partial charge in [-0.2, -0.15) is 0 Å². The zero-order chi connectivity index (χ0) is 25.2. The summed E-state index contributed by atoms with van der Waals surface area (Å²) in [5.74, 6) is -1.12. The third-order valence-electron chi connectivity index (χ3n) is 6.14. The number of fused-ring (bicyclic) bond motifs is 2. The summed E-state index contributed by atoms with van der Waals surface area (Å²) in [4.78, 5) is 35.7. The molecule has 4 aromatic rings. The number of halogens is 1. The number of carbonyl (C=O) groups is 2. The molecule has 0 bridgehead atoms. The number of esters is 1. The number of nitrogens with zero attached hydrogens (tertiary/aromatic N) is 3. The smallest absolute Gasteiger partial charge is 0.320 e. The van der Waals surface area contributed by atoms with Gasteiger partial charge >= 0.3 is 5.97 Å². The molecule has 5 rings (SSSR count). The molecule has 0 saturated carbocycles. The Morgan fingerprint density at radius 3 is 2.53 bits per heavy atom. The minimum atomic E-state index is -0.435. The number of carbonyl (C=O) groups excluding carboxylic acids is 2. The van der Waals surface area contributed by atoms with Gasteiger partial charge in [0.1, 0.15) is 18.1 Å². The van der Waals surface area contributed by atoms with E-state index in [-0.39, 0.29) is 30.7 Å². The van der Waals surface area contributed by atoms with E-state index in [2.05, 4.69) is 15.3 Å². The summed E-state index contributed by atoms with van der Waals surface area (Å²) in [5.41, 5.74) is 10.6. The topological polar surface area (TPSA) is 110 Å². The quantitative estimate of drug-likeness (QED) is 0.403. The second-order valence-electron chi connectivity index (χ2n) is 8.58. The first-order chi connectivity index (χ1) is 17.4. The molecule has 1 aromatic heterocycles. The monoisotopic (exact) mass is 485 g/mol. The lowest BCUT2D eigenvalue weighted by molar-refractivity contribution is -0.143. The predicted octanol–water partition coefficient (Wildman–Crippen LogP) is 3.44. The van der Waals surface area contributed by atoms with Gasteiger partial charge < -0.3 is 20.7 Å². The number of amides is 1. The van der Waals surface area contributed by atoms with Gasteiger partial charge in [0.2, 0.25) is 5.95 Å². The molecule has 1 amide bonds. The van der Waals surface area contributed by atoms with Gasteiger partial charge in [-0.15, -0.1) is 0 Å². The normalized spacial score (nSPS) is 12.6. The van der Waals surface area contributed by atoms with E-state index in [0.717, 1.165) is 11.1 Å². The molecule has 36 heavy (non-hydrogen) atoms. The Hall–Kier alpha value is -4.37. The van der Waals surface area contributed by atoms with E-state index in [0.29, 0.717) is 40.7 Å². The number of ether oxygens (including phenoxy) is 1. The molecule has 0 fully saturated rings. The fraction of sp³-hybridized carbons (Fsp3) is 0.185. The van der Waals surface area contributed by atoms with Crippen molar-refractivity contribution in [2.24, 2.45) is 0 Å². The number of aromatic nitrogens is 2. The molecule has 0 aliphatic carbocycles. The summed E-state index contributed by atoms with van der Waals surface area (Å²) in [5, 5.41) is 3.24. The zero-order valence-corrected chi connectivity index (χ0v) is 19.6. The highest BCUT2D eigenvalue weighted by Gasteiger charge is 2.27. The van der Waals surface area contributed by atoms with Crippen LogP contribution in [0.1, 0.15) is 27.2 Å². The van der Waals surface area contributed by atoms with Crippen LogP contribution in [0.3, 0.4) is 0 Å². The van der Waals surface area contributed by atoms with Crippen LogP contribution >= 0.6 is 0 Å². The van der Waals surface area contributed by atoms with Crippen molar-refractivity contribution in [2.75, 3.05) is 19.3 Å². The fourth-order valence-corrected chi connectivity index (χ4v) is 4.40. The summed E-state index contributed by atoms with van der Waals surface area (Å²) in [7, 11) is 1.65. The Morgan fingerprint density at radius 2 is 1.81 bits per heavy atom. The number of rotatable bonds is 6. The fourth-order valence-electron chi connectivity index (χ4n) is 4.40. The summed E-state index contributed by atoms with van der Waals surface area (Å²) in [6.07, 6.45) is 0. The Morgan fingerprint density at radius 1 is 1.06 bits per heavy atom. The van der Waals surface area contributed by atoms with Gasteiger partial charge in [0.15, 0.2) is 0 Å². The summed E-state index contributed by atoms with van der Waals surface area (Å²) in [6.45, 7) is 1.000. The largest absolute Gasteiger partial charge is 0.460 e. The van der Waals surface area contributed by atoms with Crippen molar-refractivity contribution >= 4 is 28.7 Å². The van der Waals surface area contributed by atoms with Crippen LogP contribution < -0.4 is 11.1 Å². The molecule has 0 saturated heterocycles. The third-order valence-corrected chi connectivity index (χ3v) is 6.14. The Kier molecular flexibility index (Phi) is 6.30. The standard InChI is InChI=1S/C27H24FN5O3/c1-30-12-24(34)36-15-19-6-8-20(28)11-21(19)16-7-9-23-22(10-16)25(32-27(29)31-23)26(35)33-13-17-4-2-3-5-18(17)14-33/h2-11,30H,12-15H2,1H3,(H2,29,31,32). The van der Waals surface area contributed by atoms with E-state index in [1.54, 1.807) is 36.2 Å². The molecule has 182 valence electrons. The lowest BCUT2D eigenvalue weighted by Crippen LogP contribution is -2.27. The average Bonchev–Trinajstić information content (AvgIpc) is 3.31. The molecule has 2 heterocycles. The molecule has 1 aliphatic rings. The highest BCUT2D eigenvalue weighted by Crippen LogP contribution is 2.31. The van der Waals surface area contributed by atoms with Crippen molar-refractivity contribution in [3.05, 3.63) is 88.9 Å². The lowest BCUT2D eigenvalue weighted by atomic mass is 9.97. The van der Waals surface area contributed by atoms with Crippen LogP contribution in [0.25, 0.3) is 22.0 Å². The SMILES string of the molecule is CNCC(=O)OCc1ccc(F)cc1-c1ccc2nc(N)nc(C(=O)N3Cc4ccccc4C3)c2c1. The average molecular weight is 486 g/mol. The van der Waals surface area contributed by atoms with Crippen molar-refractivity contribution in [1.29, 1.82) is 0 Å². The number of hydrogen-bond donors (Lipinski definition) is 2. The van der Waals surface area contributed by atoms with Gasteiger partial charge in [0, 0.05) is 18.5 Å². The predicted molar refractivity (Wildman–Crippen MR) is 133 cm³/mol. The van der Waals surface area contributed by atoms with Crippen LogP contribution in [-0.4, -0.2) is 40.3 Å². The molecule has 0 unspecified atom stereocenters. The van der Waals surface area contributed by atoms with Crippen molar-refractivity contribution < 1.29 is 18.7 Å². The first-order valence-electron chi connectivity index (χ1n) is 11.5. The van der Waals surface area contributed by atoms with Crippen molar-refractivity contribution in [3.8, 4) is 11.1 Å². The molecule has 1 aliphatic heterocycles. The molecular formula is C27H24FN5O3. The Bertz CT molecular complexity index is 1470.